The lowest BCUT2D eigenvalue weighted by Gasteiger charge is -2.32. The predicted octanol–water partition coefficient (Wildman–Crippen LogP) is 2.23. The molecule has 1 aliphatic heterocycles. The summed E-state index contributed by atoms with van der Waals surface area (Å²) in [7, 11) is 4.05. The van der Waals surface area contributed by atoms with Gasteiger partial charge in [0.1, 0.15) is 0 Å². The van der Waals surface area contributed by atoms with E-state index in [2.05, 4.69) is 54.2 Å². The summed E-state index contributed by atoms with van der Waals surface area (Å²) in [5.74, 6) is 0.862. The molecule has 5 rings (SSSR count). The maximum Gasteiger partial charge on any atom is 0.244 e. The minimum atomic E-state index is -0.995. The number of aromatic amines is 1. The molecule has 1 aliphatic rings. The standard InChI is InChI=1S/C23H25N7O3/c1-28(2)17-8-6-15(7-9-17)12-29-13-20-19(24-14-25-20)11-21(29)23-26-22(27-33-23)16-4-3-5-18(10-16)30(31)32/h3-10,14,21,30-31H,11-13H2,1-2H3,(H,24,25). The highest BCUT2D eigenvalue weighted by Crippen LogP contribution is 2.33. The van der Waals surface area contributed by atoms with Crippen LogP contribution in [0.5, 0.6) is 0 Å². The molecule has 10 nitrogen and oxygen atoms in total. The van der Waals surface area contributed by atoms with Crippen molar-refractivity contribution in [2.75, 3.05) is 19.0 Å². The van der Waals surface area contributed by atoms with E-state index < -0.39 is 5.23 Å². The van der Waals surface area contributed by atoms with Crippen LogP contribution in [0.3, 0.4) is 0 Å². The minimum absolute atomic E-state index is 0.141. The van der Waals surface area contributed by atoms with Crippen molar-refractivity contribution in [1.29, 1.82) is 0 Å². The van der Waals surface area contributed by atoms with Gasteiger partial charge in [-0.25, -0.2) is 10.2 Å². The Kier molecular flexibility index (Phi) is 5.65. The summed E-state index contributed by atoms with van der Waals surface area (Å²) < 4.78 is 5.67. The minimum Gasteiger partial charge on any atom is -0.595 e. The number of imidazole rings is 1. The topological polar surface area (TPSA) is 122 Å². The van der Waals surface area contributed by atoms with Crippen LogP contribution in [0.2, 0.25) is 0 Å². The summed E-state index contributed by atoms with van der Waals surface area (Å²) in [4.78, 5) is 16.7. The monoisotopic (exact) mass is 447 g/mol. The largest absolute Gasteiger partial charge is 0.595 e. The molecular weight excluding hydrogens is 422 g/mol. The second-order valence-electron chi connectivity index (χ2n) is 8.36. The highest BCUT2D eigenvalue weighted by atomic mass is 16.8. The van der Waals surface area contributed by atoms with Gasteiger partial charge in [0.25, 0.3) is 0 Å². The third kappa shape index (κ3) is 4.37. The van der Waals surface area contributed by atoms with Gasteiger partial charge in [0.15, 0.2) is 5.69 Å². The van der Waals surface area contributed by atoms with Crippen molar-refractivity contribution >= 4 is 11.4 Å². The summed E-state index contributed by atoms with van der Waals surface area (Å²) in [6, 6.07) is 14.9. The number of aromatic nitrogens is 4. The number of nitrogens with zero attached hydrogens (tertiary/aromatic N) is 5. The summed E-state index contributed by atoms with van der Waals surface area (Å²) in [5.41, 5.74) is 5.20. The molecule has 3 N–H and O–H groups in total. The van der Waals surface area contributed by atoms with Crippen LogP contribution < -0.4 is 10.1 Å². The van der Waals surface area contributed by atoms with Crippen molar-refractivity contribution in [3.05, 3.63) is 82.9 Å². The van der Waals surface area contributed by atoms with Gasteiger partial charge in [0.2, 0.25) is 11.7 Å². The fourth-order valence-corrected chi connectivity index (χ4v) is 4.11. The first kappa shape index (κ1) is 21.3. The Balaban J connectivity index is 1.43. The van der Waals surface area contributed by atoms with Gasteiger partial charge in [-0.15, -0.1) is 0 Å². The summed E-state index contributed by atoms with van der Waals surface area (Å²) in [6.45, 7) is 1.39. The Labute approximate surface area is 190 Å². The van der Waals surface area contributed by atoms with E-state index in [1.165, 1.54) is 11.6 Å². The van der Waals surface area contributed by atoms with Gasteiger partial charge in [0.05, 0.1) is 23.8 Å². The number of hydrogen-bond donors (Lipinski definition) is 3. The van der Waals surface area contributed by atoms with Gasteiger partial charge in [-0.1, -0.05) is 29.4 Å². The van der Waals surface area contributed by atoms with Crippen LogP contribution in [0.1, 0.15) is 28.9 Å². The number of hydrogen-bond acceptors (Lipinski definition) is 8. The molecule has 33 heavy (non-hydrogen) atoms. The van der Waals surface area contributed by atoms with Gasteiger partial charge in [-0.2, -0.15) is 10.2 Å². The van der Waals surface area contributed by atoms with E-state index in [0.29, 0.717) is 36.8 Å². The van der Waals surface area contributed by atoms with Crippen LogP contribution in [-0.2, 0) is 19.5 Å². The zero-order valence-corrected chi connectivity index (χ0v) is 18.4. The maximum atomic E-state index is 11.3. The van der Waals surface area contributed by atoms with E-state index in [4.69, 9.17) is 4.52 Å². The van der Waals surface area contributed by atoms with Gasteiger partial charge in [-0.05, 0) is 17.7 Å². The second-order valence-corrected chi connectivity index (χ2v) is 8.36. The van der Waals surface area contributed by atoms with Crippen LogP contribution >= 0.6 is 0 Å². The van der Waals surface area contributed by atoms with Crippen LogP contribution in [0, 0.1) is 5.21 Å². The van der Waals surface area contributed by atoms with E-state index in [0.717, 1.165) is 17.1 Å². The Morgan fingerprint density at radius 1 is 1.24 bits per heavy atom. The Bertz CT molecular complexity index is 1230. The smallest absolute Gasteiger partial charge is 0.244 e. The Hall–Kier alpha value is -3.57. The number of fused-ring (bicyclic) bond motifs is 1. The molecule has 10 heteroatoms. The van der Waals surface area contributed by atoms with Crippen molar-refractivity contribution in [2.24, 2.45) is 0 Å². The number of anilines is 1. The molecule has 0 spiro atoms. The lowest BCUT2D eigenvalue weighted by Crippen LogP contribution is -2.99. The number of benzene rings is 2. The van der Waals surface area contributed by atoms with E-state index in [1.54, 1.807) is 24.5 Å². The van der Waals surface area contributed by atoms with Crippen molar-refractivity contribution in [1.82, 2.24) is 25.0 Å². The lowest BCUT2D eigenvalue weighted by atomic mass is 10.0. The molecule has 0 fully saturated rings. The third-order valence-electron chi connectivity index (χ3n) is 5.93. The van der Waals surface area contributed by atoms with E-state index in [9.17, 15) is 10.4 Å². The van der Waals surface area contributed by atoms with Gasteiger partial charge < -0.3 is 19.6 Å². The maximum absolute atomic E-state index is 11.3. The molecule has 0 bridgehead atoms. The predicted molar refractivity (Wildman–Crippen MR) is 121 cm³/mol. The summed E-state index contributed by atoms with van der Waals surface area (Å²) in [5, 5.41) is 23.7. The zero-order chi connectivity index (χ0) is 22.9. The molecule has 2 aromatic carbocycles. The Morgan fingerprint density at radius 2 is 2.06 bits per heavy atom. The molecule has 3 heterocycles. The number of quaternary nitrogens is 1. The molecule has 0 saturated heterocycles. The molecule has 2 atom stereocenters. The van der Waals surface area contributed by atoms with Crippen molar-refractivity contribution in [3.63, 3.8) is 0 Å². The SMILES string of the molecule is CN(C)c1ccc(CN2Cc3[nH]cnc3CC2c2nc(-c3cccc([NH+]([O-])O)c3)no2)cc1. The summed E-state index contributed by atoms with van der Waals surface area (Å²) in [6.07, 6.45) is 2.36. The van der Waals surface area contributed by atoms with Crippen molar-refractivity contribution in [2.45, 2.75) is 25.6 Å². The average Bonchev–Trinajstić information content (AvgIpc) is 3.48. The summed E-state index contributed by atoms with van der Waals surface area (Å²) >= 11 is 0. The molecule has 2 unspecified atom stereocenters. The first-order valence-corrected chi connectivity index (χ1v) is 10.7. The fourth-order valence-electron chi connectivity index (χ4n) is 4.11. The van der Waals surface area contributed by atoms with Crippen LogP contribution in [0.25, 0.3) is 11.4 Å². The van der Waals surface area contributed by atoms with E-state index in [-0.39, 0.29) is 11.7 Å². The second kappa shape index (κ2) is 8.75. The van der Waals surface area contributed by atoms with E-state index >= 15 is 0 Å². The normalized spacial score (nSPS) is 17.0. The number of rotatable bonds is 6. The lowest BCUT2D eigenvalue weighted by molar-refractivity contribution is -0.991. The van der Waals surface area contributed by atoms with Crippen LogP contribution in [0.4, 0.5) is 11.4 Å². The zero-order valence-electron chi connectivity index (χ0n) is 18.4. The molecule has 0 radical (unpaired) electrons. The van der Waals surface area contributed by atoms with Gasteiger partial charge >= 0.3 is 0 Å². The van der Waals surface area contributed by atoms with Crippen LogP contribution in [-0.4, -0.2) is 44.3 Å². The molecule has 0 amide bonds. The first-order chi connectivity index (χ1) is 16.0. The number of H-pyrrole nitrogens is 1. The average molecular weight is 447 g/mol. The van der Waals surface area contributed by atoms with E-state index in [1.807, 2.05) is 14.1 Å². The Morgan fingerprint density at radius 3 is 2.82 bits per heavy atom. The van der Waals surface area contributed by atoms with Gasteiger partial charge in [-0.3, -0.25) is 4.90 Å². The fraction of sp³-hybridized carbons (Fsp3) is 0.261. The number of nitrogens with one attached hydrogen (secondary N) is 2. The molecule has 4 aromatic rings. The van der Waals surface area contributed by atoms with Crippen molar-refractivity contribution < 1.29 is 15.0 Å². The molecule has 2 aromatic heterocycles. The van der Waals surface area contributed by atoms with Crippen molar-refractivity contribution in [3.8, 4) is 11.4 Å². The molecule has 0 aliphatic carbocycles. The third-order valence-corrected chi connectivity index (χ3v) is 5.93. The highest BCUT2D eigenvalue weighted by molar-refractivity contribution is 5.58. The molecular formula is C23H25N7O3. The van der Waals surface area contributed by atoms with Crippen LogP contribution in [0.15, 0.2) is 59.4 Å². The highest BCUT2D eigenvalue weighted by Gasteiger charge is 2.33. The first-order valence-electron chi connectivity index (χ1n) is 10.7. The molecule has 0 saturated carbocycles. The van der Waals surface area contributed by atoms with Gasteiger partial charge in [0, 0.05) is 57.0 Å². The molecule has 170 valence electrons. The quantitative estimate of drug-likeness (QED) is 0.385.